The lowest BCUT2D eigenvalue weighted by atomic mass is 9.86. The van der Waals surface area contributed by atoms with Crippen LogP contribution in [0.25, 0.3) is 0 Å². The first kappa shape index (κ1) is 25.2. The van der Waals surface area contributed by atoms with Crippen LogP contribution in [-0.4, -0.2) is 65.3 Å². The summed E-state index contributed by atoms with van der Waals surface area (Å²) < 4.78 is 37.9. The van der Waals surface area contributed by atoms with Crippen molar-refractivity contribution in [2.75, 3.05) is 38.6 Å². The highest BCUT2D eigenvalue weighted by molar-refractivity contribution is 7.89. The second kappa shape index (κ2) is 10.7. The number of piperidine rings is 1. The molecule has 0 aromatic rings. The van der Waals surface area contributed by atoms with E-state index in [4.69, 9.17) is 9.47 Å². The van der Waals surface area contributed by atoms with Crippen LogP contribution in [0.3, 0.4) is 0 Å². The van der Waals surface area contributed by atoms with Gasteiger partial charge in [0.1, 0.15) is 0 Å². The number of ether oxygens (including phenoxy) is 2. The van der Waals surface area contributed by atoms with Crippen molar-refractivity contribution in [1.29, 1.82) is 0 Å². The molecule has 32 heavy (non-hydrogen) atoms. The van der Waals surface area contributed by atoms with E-state index >= 15 is 0 Å². The van der Waals surface area contributed by atoms with E-state index in [1.807, 2.05) is 6.08 Å². The fraction of sp³-hybridized carbons (Fsp3) is 0.708. The first-order valence-corrected chi connectivity index (χ1v) is 17.1. The third-order valence-corrected chi connectivity index (χ3v) is 10.0. The Morgan fingerprint density at radius 1 is 1.31 bits per heavy atom. The van der Waals surface area contributed by atoms with Crippen molar-refractivity contribution < 1.29 is 17.9 Å². The van der Waals surface area contributed by atoms with Gasteiger partial charge in [-0.1, -0.05) is 32.5 Å². The van der Waals surface area contributed by atoms with Crippen molar-refractivity contribution in [3.8, 4) is 11.8 Å². The predicted octanol–water partition coefficient (Wildman–Crippen LogP) is 3.91. The van der Waals surface area contributed by atoms with Gasteiger partial charge >= 0.3 is 0 Å². The van der Waals surface area contributed by atoms with Gasteiger partial charge in [0.05, 0.1) is 18.9 Å². The molecule has 0 spiro atoms. The molecule has 0 bridgehead atoms. The molecule has 0 N–H and O–H groups in total. The lowest BCUT2D eigenvalue weighted by molar-refractivity contribution is 0.125. The molecule has 0 radical (unpaired) electrons. The average molecular weight is 479 g/mol. The van der Waals surface area contributed by atoms with Gasteiger partial charge < -0.3 is 9.47 Å². The molecule has 1 saturated heterocycles. The van der Waals surface area contributed by atoms with Gasteiger partial charge in [-0.25, -0.2) is 12.7 Å². The maximum absolute atomic E-state index is 12.2. The predicted molar refractivity (Wildman–Crippen MR) is 133 cm³/mol. The Bertz CT molecular complexity index is 937. The van der Waals surface area contributed by atoms with Crippen LogP contribution in [-0.2, 0) is 19.5 Å². The Kier molecular flexibility index (Phi) is 8.42. The summed E-state index contributed by atoms with van der Waals surface area (Å²) in [6, 6.07) is 1.17. The van der Waals surface area contributed by atoms with Gasteiger partial charge in [-0.2, -0.15) is 0 Å². The summed E-state index contributed by atoms with van der Waals surface area (Å²) in [6.07, 6.45) is 5.52. The van der Waals surface area contributed by atoms with E-state index in [0.717, 1.165) is 18.6 Å². The smallest absolute Gasteiger partial charge is 0.219 e. The monoisotopic (exact) mass is 478 g/mol. The van der Waals surface area contributed by atoms with E-state index in [2.05, 4.69) is 49.5 Å². The summed E-state index contributed by atoms with van der Waals surface area (Å²) in [4.78, 5) is 4.55. The van der Waals surface area contributed by atoms with Gasteiger partial charge in [-0.15, -0.1) is 0 Å². The Balaban J connectivity index is 1.53. The summed E-state index contributed by atoms with van der Waals surface area (Å²) in [7, 11) is -4.21. The minimum Gasteiger partial charge on any atom is -0.430 e. The molecule has 3 atom stereocenters. The fourth-order valence-corrected chi connectivity index (χ4v) is 5.98. The minimum absolute atomic E-state index is 0.154. The molecule has 3 heterocycles. The summed E-state index contributed by atoms with van der Waals surface area (Å²) in [5, 5.41) is 0. The molecular formula is C24H38N2O4SSi. The molecule has 0 saturated carbocycles. The number of allylic oxidation sites excluding steroid dienone is 3. The number of aliphatic imine (C=N–C) groups is 1. The normalized spacial score (nSPS) is 26.3. The molecule has 0 aromatic heterocycles. The molecule has 0 amide bonds. The summed E-state index contributed by atoms with van der Waals surface area (Å²) in [5.41, 5.74) is 1.10. The van der Waals surface area contributed by atoms with Gasteiger partial charge in [0.25, 0.3) is 0 Å². The summed E-state index contributed by atoms with van der Waals surface area (Å²) in [6.45, 7) is 14.3. The molecule has 0 aliphatic carbocycles. The van der Waals surface area contributed by atoms with Crippen LogP contribution in [0.4, 0.5) is 0 Å². The van der Waals surface area contributed by atoms with Crippen molar-refractivity contribution in [2.45, 2.75) is 52.4 Å². The van der Waals surface area contributed by atoms with Gasteiger partial charge in [0.2, 0.25) is 15.9 Å². The van der Waals surface area contributed by atoms with Crippen LogP contribution in [0.2, 0.25) is 25.7 Å². The fourth-order valence-electron chi connectivity index (χ4n) is 4.06. The van der Waals surface area contributed by atoms with Crippen molar-refractivity contribution >= 4 is 24.0 Å². The standard InChI is InChI=1S/C24H38N2O4SSi/c1-6-31(27,28)26-13-12-19(2)20(17-26)8-7-9-22-10-11-23-21(16-25-24(23)30-22)18-29-14-15-32(3,4)5/h10-11,19-21H,6,8,12-18H2,1-5H3. The lowest BCUT2D eigenvalue weighted by Gasteiger charge is -2.35. The second-order valence-corrected chi connectivity index (χ2v) is 18.2. The first-order valence-electron chi connectivity index (χ1n) is 11.8. The van der Waals surface area contributed by atoms with Crippen molar-refractivity contribution in [2.24, 2.45) is 22.7 Å². The summed E-state index contributed by atoms with van der Waals surface area (Å²) in [5.74, 6) is 8.73. The van der Waals surface area contributed by atoms with Crippen LogP contribution >= 0.6 is 0 Å². The number of sulfonamides is 1. The van der Waals surface area contributed by atoms with E-state index in [-0.39, 0.29) is 17.6 Å². The van der Waals surface area contributed by atoms with Crippen molar-refractivity contribution in [3.05, 3.63) is 23.5 Å². The molecule has 3 aliphatic rings. The largest absolute Gasteiger partial charge is 0.430 e. The highest BCUT2D eigenvalue weighted by atomic mass is 32.2. The van der Waals surface area contributed by atoms with Crippen LogP contribution in [0.15, 0.2) is 28.5 Å². The zero-order valence-electron chi connectivity index (χ0n) is 20.2. The van der Waals surface area contributed by atoms with Gasteiger partial charge in [-0.3, -0.25) is 4.99 Å². The number of nitrogens with zero attached hydrogens (tertiary/aromatic N) is 2. The molecule has 8 heteroatoms. The van der Waals surface area contributed by atoms with Gasteiger partial charge in [0, 0.05) is 45.7 Å². The van der Waals surface area contributed by atoms with Crippen LogP contribution in [0.1, 0.15) is 26.7 Å². The number of hydrogen-bond donors (Lipinski definition) is 0. The highest BCUT2D eigenvalue weighted by Gasteiger charge is 2.32. The van der Waals surface area contributed by atoms with Gasteiger partial charge in [-0.05, 0) is 49.3 Å². The first-order chi connectivity index (χ1) is 15.1. The molecule has 178 valence electrons. The van der Waals surface area contributed by atoms with Crippen LogP contribution in [0, 0.1) is 29.6 Å². The highest BCUT2D eigenvalue weighted by Crippen LogP contribution is 2.29. The molecule has 0 aromatic carbocycles. The Morgan fingerprint density at radius 2 is 2.09 bits per heavy atom. The maximum atomic E-state index is 12.2. The molecule has 1 fully saturated rings. The van der Waals surface area contributed by atoms with E-state index in [9.17, 15) is 8.42 Å². The Morgan fingerprint density at radius 3 is 2.81 bits per heavy atom. The van der Waals surface area contributed by atoms with Crippen molar-refractivity contribution in [1.82, 2.24) is 4.31 Å². The van der Waals surface area contributed by atoms with E-state index in [1.165, 1.54) is 6.04 Å². The third-order valence-electron chi connectivity index (χ3n) is 6.49. The molecule has 3 aliphatic heterocycles. The topological polar surface area (TPSA) is 68.2 Å². The van der Waals surface area contributed by atoms with Crippen molar-refractivity contribution in [3.63, 3.8) is 0 Å². The minimum atomic E-state index is -3.14. The van der Waals surface area contributed by atoms with E-state index < -0.39 is 18.1 Å². The molecule has 6 nitrogen and oxygen atoms in total. The third kappa shape index (κ3) is 6.80. The number of rotatable bonds is 8. The number of hydrogen-bond acceptors (Lipinski definition) is 5. The molecule has 3 unspecified atom stereocenters. The van der Waals surface area contributed by atoms with Crippen LogP contribution < -0.4 is 0 Å². The van der Waals surface area contributed by atoms with Gasteiger partial charge in [0.15, 0.2) is 5.76 Å². The van der Waals surface area contributed by atoms with E-state index in [1.54, 1.807) is 11.2 Å². The average Bonchev–Trinajstić information content (AvgIpc) is 3.14. The number of fused-ring (bicyclic) bond motifs is 1. The maximum Gasteiger partial charge on any atom is 0.219 e. The second-order valence-electron chi connectivity index (χ2n) is 10.3. The van der Waals surface area contributed by atoms with Crippen LogP contribution in [0.5, 0.6) is 0 Å². The zero-order valence-corrected chi connectivity index (χ0v) is 22.0. The molecular weight excluding hydrogens is 440 g/mol. The zero-order chi connectivity index (χ0) is 23.4. The van der Waals surface area contributed by atoms with E-state index in [0.29, 0.717) is 50.2 Å². The Labute approximate surface area is 195 Å². The Hall–Kier alpha value is -1.40. The molecule has 3 rings (SSSR count). The SMILES string of the molecule is CCS(=O)(=O)N1CCC(C)C(CC#CC2=CC=C3C(=NCC3COCC[Si](C)(C)C)O2)C1. The quantitative estimate of drug-likeness (QED) is 0.301. The summed E-state index contributed by atoms with van der Waals surface area (Å²) >= 11 is 0. The lowest BCUT2D eigenvalue weighted by Crippen LogP contribution is -2.43.